The number of rotatable bonds is 9. The zero-order valence-electron chi connectivity index (χ0n) is 9.26. The summed E-state index contributed by atoms with van der Waals surface area (Å²) in [5.41, 5.74) is 0. The average Bonchev–Trinajstić information content (AvgIpc) is 2.13. The van der Waals surface area contributed by atoms with Crippen molar-refractivity contribution in [2.75, 3.05) is 33.7 Å². The SMILES string of the molecule is [CH2]CCCCCN(C)CCC[N]C. The van der Waals surface area contributed by atoms with Gasteiger partial charge in [0.25, 0.3) is 0 Å². The molecule has 0 saturated carbocycles. The fourth-order valence-corrected chi connectivity index (χ4v) is 1.35. The first-order chi connectivity index (χ1) is 6.31. The van der Waals surface area contributed by atoms with Crippen LogP contribution in [0.25, 0.3) is 0 Å². The number of unbranched alkanes of at least 4 members (excludes halogenated alkanes) is 3. The lowest BCUT2D eigenvalue weighted by molar-refractivity contribution is 0.319. The summed E-state index contributed by atoms with van der Waals surface area (Å²) in [7, 11) is 4.08. The van der Waals surface area contributed by atoms with Gasteiger partial charge in [-0.1, -0.05) is 26.2 Å². The molecule has 0 amide bonds. The number of hydrogen-bond acceptors (Lipinski definition) is 1. The molecule has 0 aromatic carbocycles. The Balaban J connectivity index is 3.05. The summed E-state index contributed by atoms with van der Waals surface area (Å²) in [4.78, 5) is 2.40. The van der Waals surface area contributed by atoms with Gasteiger partial charge in [-0.2, -0.15) is 0 Å². The van der Waals surface area contributed by atoms with Gasteiger partial charge in [0.05, 0.1) is 0 Å². The molecule has 0 aliphatic heterocycles. The highest BCUT2D eigenvalue weighted by molar-refractivity contribution is 4.54. The lowest BCUT2D eigenvalue weighted by Gasteiger charge is -2.15. The first-order valence-electron chi connectivity index (χ1n) is 5.34. The Morgan fingerprint density at radius 3 is 2.38 bits per heavy atom. The average molecular weight is 184 g/mol. The van der Waals surface area contributed by atoms with Crippen molar-refractivity contribution in [1.82, 2.24) is 10.2 Å². The van der Waals surface area contributed by atoms with Crippen LogP contribution in [0, 0.1) is 6.92 Å². The van der Waals surface area contributed by atoms with E-state index in [0.717, 1.165) is 13.0 Å². The molecule has 0 heterocycles. The number of nitrogens with zero attached hydrogens (tertiary/aromatic N) is 2. The van der Waals surface area contributed by atoms with Crippen molar-refractivity contribution in [2.45, 2.75) is 32.1 Å². The van der Waals surface area contributed by atoms with Crippen LogP contribution in [0.1, 0.15) is 32.1 Å². The zero-order chi connectivity index (χ0) is 9.94. The van der Waals surface area contributed by atoms with E-state index < -0.39 is 0 Å². The molecule has 0 saturated heterocycles. The molecular formula is C11H24N2. The molecule has 0 bridgehead atoms. The largest absolute Gasteiger partial charge is 0.306 e. The van der Waals surface area contributed by atoms with Gasteiger partial charge in [-0.05, 0) is 33.0 Å². The number of hydrogen-bond donors (Lipinski definition) is 0. The van der Waals surface area contributed by atoms with E-state index in [2.05, 4.69) is 24.2 Å². The van der Waals surface area contributed by atoms with Crippen LogP contribution in [-0.4, -0.2) is 38.6 Å². The summed E-state index contributed by atoms with van der Waals surface area (Å²) in [5.74, 6) is 0. The lowest BCUT2D eigenvalue weighted by Crippen LogP contribution is -2.22. The predicted octanol–water partition coefficient (Wildman–Crippen LogP) is 1.94. The van der Waals surface area contributed by atoms with Crippen molar-refractivity contribution in [2.24, 2.45) is 0 Å². The van der Waals surface area contributed by atoms with Gasteiger partial charge in [-0.15, -0.1) is 0 Å². The third-order valence-electron chi connectivity index (χ3n) is 2.21. The molecule has 0 aliphatic carbocycles. The van der Waals surface area contributed by atoms with Crippen molar-refractivity contribution >= 4 is 0 Å². The van der Waals surface area contributed by atoms with E-state index in [-0.39, 0.29) is 0 Å². The smallest absolute Gasteiger partial charge is 0.0142 e. The summed E-state index contributed by atoms with van der Waals surface area (Å²) in [5, 5.41) is 4.08. The quantitative estimate of drug-likeness (QED) is 0.501. The maximum absolute atomic E-state index is 4.08. The Kier molecular flexibility index (Phi) is 9.94. The van der Waals surface area contributed by atoms with E-state index in [1.54, 1.807) is 0 Å². The molecule has 0 aromatic rings. The van der Waals surface area contributed by atoms with Crippen LogP contribution in [0.15, 0.2) is 0 Å². The molecule has 0 unspecified atom stereocenters. The lowest BCUT2D eigenvalue weighted by atomic mass is 10.2. The maximum atomic E-state index is 4.08. The molecule has 13 heavy (non-hydrogen) atoms. The van der Waals surface area contributed by atoms with Crippen LogP contribution in [-0.2, 0) is 0 Å². The fourth-order valence-electron chi connectivity index (χ4n) is 1.35. The molecule has 0 fully saturated rings. The van der Waals surface area contributed by atoms with E-state index in [1.807, 2.05) is 7.05 Å². The first-order valence-corrected chi connectivity index (χ1v) is 5.34. The van der Waals surface area contributed by atoms with Crippen molar-refractivity contribution in [3.8, 4) is 0 Å². The van der Waals surface area contributed by atoms with Crippen molar-refractivity contribution in [3.05, 3.63) is 6.92 Å². The van der Waals surface area contributed by atoms with Gasteiger partial charge in [0.1, 0.15) is 0 Å². The first kappa shape index (κ1) is 12.9. The zero-order valence-corrected chi connectivity index (χ0v) is 9.26. The predicted molar refractivity (Wildman–Crippen MR) is 58.9 cm³/mol. The van der Waals surface area contributed by atoms with E-state index in [4.69, 9.17) is 0 Å². The third kappa shape index (κ3) is 9.84. The normalized spacial score (nSPS) is 11.1. The molecule has 0 aromatic heterocycles. The van der Waals surface area contributed by atoms with Gasteiger partial charge in [0.15, 0.2) is 0 Å². The second-order valence-corrected chi connectivity index (χ2v) is 3.61. The van der Waals surface area contributed by atoms with Crippen LogP contribution < -0.4 is 5.32 Å². The van der Waals surface area contributed by atoms with Crippen LogP contribution in [0.3, 0.4) is 0 Å². The third-order valence-corrected chi connectivity index (χ3v) is 2.21. The molecule has 0 atom stereocenters. The van der Waals surface area contributed by atoms with Gasteiger partial charge >= 0.3 is 0 Å². The van der Waals surface area contributed by atoms with E-state index >= 15 is 0 Å². The Bertz CT molecular complexity index is 94.1. The van der Waals surface area contributed by atoms with E-state index in [9.17, 15) is 0 Å². The van der Waals surface area contributed by atoms with Crippen molar-refractivity contribution < 1.29 is 0 Å². The van der Waals surface area contributed by atoms with Gasteiger partial charge < -0.3 is 4.90 Å². The van der Waals surface area contributed by atoms with E-state index in [1.165, 1.54) is 38.8 Å². The molecular weight excluding hydrogens is 160 g/mol. The Labute approximate surface area is 83.7 Å². The highest BCUT2D eigenvalue weighted by Crippen LogP contribution is 2.00. The summed E-state index contributed by atoms with van der Waals surface area (Å²) < 4.78 is 0. The van der Waals surface area contributed by atoms with Gasteiger partial charge in [0, 0.05) is 13.6 Å². The maximum Gasteiger partial charge on any atom is 0.0142 e. The standard InChI is InChI=1S/C11H24N2/c1-4-5-6-7-10-13(3)11-8-9-12-2/h1,4-11H2,2-3H3. The van der Waals surface area contributed by atoms with E-state index in [0.29, 0.717) is 0 Å². The fraction of sp³-hybridized carbons (Fsp3) is 0.909. The Morgan fingerprint density at radius 2 is 1.77 bits per heavy atom. The molecule has 0 rings (SSSR count). The minimum absolute atomic E-state index is 1.00. The highest BCUT2D eigenvalue weighted by atomic mass is 15.1. The van der Waals surface area contributed by atoms with Crippen LogP contribution in [0.5, 0.6) is 0 Å². The Morgan fingerprint density at radius 1 is 1.08 bits per heavy atom. The van der Waals surface area contributed by atoms with Crippen LogP contribution in [0.2, 0.25) is 0 Å². The van der Waals surface area contributed by atoms with Gasteiger partial charge in [-0.25, -0.2) is 5.32 Å². The van der Waals surface area contributed by atoms with Crippen LogP contribution >= 0.6 is 0 Å². The summed E-state index contributed by atoms with van der Waals surface area (Å²) in [6.45, 7) is 7.25. The summed E-state index contributed by atoms with van der Waals surface area (Å²) >= 11 is 0. The van der Waals surface area contributed by atoms with Crippen molar-refractivity contribution in [1.29, 1.82) is 0 Å². The monoisotopic (exact) mass is 184 g/mol. The highest BCUT2D eigenvalue weighted by Gasteiger charge is 1.96. The van der Waals surface area contributed by atoms with Crippen LogP contribution in [0.4, 0.5) is 0 Å². The summed E-state index contributed by atoms with van der Waals surface area (Å²) in [6.07, 6.45) is 6.19. The minimum Gasteiger partial charge on any atom is -0.306 e. The topological polar surface area (TPSA) is 17.3 Å². The van der Waals surface area contributed by atoms with Gasteiger partial charge in [-0.3, -0.25) is 0 Å². The Hall–Kier alpha value is -0.0800. The molecule has 2 heteroatoms. The molecule has 78 valence electrons. The molecule has 0 aliphatic rings. The molecule has 0 spiro atoms. The van der Waals surface area contributed by atoms with Crippen molar-refractivity contribution in [3.63, 3.8) is 0 Å². The summed E-state index contributed by atoms with van der Waals surface area (Å²) in [6, 6.07) is 0. The molecule has 2 nitrogen and oxygen atoms in total. The molecule has 0 N–H and O–H groups in total. The minimum atomic E-state index is 1.00. The van der Waals surface area contributed by atoms with Gasteiger partial charge in [0.2, 0.25) is 0 Å². The second-order valence-electron chi connectivity index (χ2n) is 3.61. The molecule has 2 radical (unpaired) electrons. The second kappa shape index (κ2) is 10.0.